The van der Waals surface area contributed by atoms with Gasteiger partial charge in [-0.2, -0.15) is 0 Å². The van der Waals surface area contributed by atoms with E-state index in [-0.39, 0.29) is 17.6 Å². The lowest BCUT2D eigenvalue weighted by molar-refractivity contribution is -0.307. The highest BCUT2D eigenvalue weighted by molar-refractivity contribution is 5.87. The fourth-order valence-corrected chi connectivity index (χ4v) is 3.25. The van der Waals surface area contributed by atoms with Crippen LogP contribution in [-0.2, 0) is 22.4 Å². The van der Waals surface area contributed by atoms with E-state index in [0.717, 1.165) is 23.8 Å². The van der Waals surface area contributed by atoms with Crippen LogP contribution < -0.4 is 20.8 Å². The van der Waals surface area contributed by atoms with Crippen LogP contribution in [0.15, 0.2) is 21.3 Å². The van der Waals surface area contributed by atoms with Crippen molar-refractivity contribution in [2.45, 2.75) is 58.6 Å². The van der Waals surface area contributed by atoms with Gasteiger partial charge < -0.3 is 24.4 Å². The summed E-state index contributed by atoms with van der Waals surface area (Å²) in [5.74, 6) is -1.26. The van der Waals surface area contributed by atoms with Gasteiger partial charge in [0.15, 0.2) is 0 Å². The first-order chi connectivity index (χ1) is 12.6. The molecule has 7 nitrogen and oxygen atoms in total. The SMILES string of the molecule is Cc1c(CC(=O)N[C@@H](C)C(=O)[O-])c(=O)oc2cc3c(cc12)CCC(C)(C)O3. The number of ether oxygens (including phenoxy) is 1. The summed E-state index contributed by atoms with van der Waals surface area (Å²) in [5.41, 5.74) is 1.39. The van der Waals surface area contributed by atoms with Crippen molar-refractivity contribution < 1.29 is 23.8 Å². The fraction of sp³-hybridized carbons (Fsp3) is 0.450. The number of nitrogens with one attached hydrogen (secondary N) is 1. The highest BCUT2D eigenvalue weighted by Gasteiger charge is 2.28. The second-order valence-electron chi connectivity index (χ2n) is 7.60. The van der Waals surface area contributed by atoms with Crippen LogP contribution in [-0.4, -0.2) is 23.5 Å². The molecule has 0 saturated heterocycles. The van der Waals surface area contributed by atoms with Gasteiger partial charge in [-0.05, 0) is 57.7 Å². The van der Waals surface area contributed by atoms with E-state index >= 15 is 0 Å². The molecule has 1 aromatic heterocycles. The number of aliphatic carboxylic acids is 1. The van der Waals surface area contributed by atoms with Gasteiger partial charge in [-0.1, -0.05) is 0 Å². The number of carboxylic acids is 1. The lowest BCUT2D eigenvalue weighted by Crippen LogP contribution is -2.46. The van der Waals surface area contributed by atoms with Crippen molar-refractivity contribution in [3.05, 3.63) is 39.2 Å². The molecule has 1 aromatic carbocycles. The first kappa shape index (κ1) is 18.9. The summed E-state index contributed by atoms with van der Waals surface area (Å²) in [6.07, 6.45) is 1.45. The Kier molecular flexibility index (Phi) is 4.71. The molecule has 144 valence electrons. The van der Waals surface area contributed by atoms with E-state index in [0.29, 0.717) is 16.9 Å². The smallest absolute Gasteiger partial charge is 0.340 e. The molecule has 0 saturated carbocycles. The van der Waals surface area contributed by atoms with Crippen molar-refractivity contribution in [1.82, 2.24) is 5.32 Å². The Bertz CT molecular complexity index is 988. The molecule has 7 heteroatoms. The van der Waals surface area contributed by atoms with Crippen LogP contribution in [0, 0.1) is 6.92 Å². The molecule has 0 spiro atoms. The number of rotatable bonds is 4. The van der Waals surface area contributed by atoms with Crippen LogP contribution in [0.3, 0.4) is 0 Å². The predicted molar refractivity (Wildman–Crippen MR) is 96.6 cm³/mol. The summed E-state index contributed by atoms with van der Waals surface area (Å²) in [7, 11) is 0. The fourth-order valence-electron chi connectivity index (χ4n) is 3.25. The Balaban J connectivity index is 1.98. The van der Waals surface area contributed by atoms with Gasteiger partial charge in [0.1, 0.15) is 16.9 Å². The van der Waals surface area contributed by atoms with E-state index in [1.807, 2.05) is 19.9 Å². The molecule has 0 radical (unpaired) electrons. The van der Waals surface area contributed by atoms with Gasteiger partial charge in [-0.25, -0.2) is 4.79 Å². The molecule has 27 heavy (non-hydrogen) atoms. The third-order valence-electron chi connectivity index (χ3n) is 4.92. The van der Waals surface area contributed by atoms with Gasteiger partial charge in [0.2, 0.25) is 5.91 Å². The van der Waals surface area contributed by atoms with Crippen LogP contribution in [0.25, 0.3) is 11.0 Å². The molecule has 1 aliphatic rings. The van der Waals surface area contributed by atoms with Gasteiger partial charge in [-0.3, -0.25) is 4.79 Å². The number of amides is 1. The summed E-state index contributed by atoms with van der Waals surface area (Å²) in [5, 5.41) is 13.8. The Morgan fingerprint density at radius 3 is 2.70 bits per heavy atom. The van der Waals surface area contributed by atoms with Crippen molar-refractivity contribution >= 4 is 22.8 Å². The standard InChI is InChI=1S/C20H23NO6/c1-10-13-7-12-5-6-20(3,4)27-15(12)9-16(13)26-19(25)14(10)8-17(22)21-11(2)18(23)24/h7,9,11H,5-6,8H2,1-4H3,(H,21,22)(H,23,24)/p-1/t11-/m0/s1. The Labute approximate surface area is 156 Å². The Hall–Kier alpha value is -2.83. The third kappa shape index (κ3) is 3.82. The first-order valence-electron chi connectivity index (χ1n) is 8.86. The summed E-state index contributed by atoms with van der Waals surface area (Å²) in [4.78, 5) is 35.2. The molecule has 1 amide bonds. The maximum atomic E-state index is 12.4. The van der Waals surface area contributed by atoms with E-state index in [1.54, 1.807) is 13.0 Å². The summed E-state index contributed by atoms with van der Waals surface area (Å²) in [6.45, 7) is 7.08. The molecular formula is C20H22NO6-. The van der Waals surface area contributed by atoms with Crippen LogP contribution in [0.2, 0.25) is 0 Å². The zero-order valence-corrected chi connectivity index (χ0v) is 15.8. The highest BCUT2D eigenvalue weighted by Crippen LogP contribution is 2.36. The van der Waals surface area contributed by atoms with Crippen LogP contribution in [0.5, 0.6) is 5.75 Å². The summed E-state index contributed by atoms with van der Waals surface area (Å²) >= 11 is 0. The third-order valence-corrected chi connectivity index (χ3v) is 4.92. The van der Waals surface area contributed by atoms with E-state index in [2.05, 4.69) is 5.32 Å². The Morgan fingerprint density at radius 2 is 2.04 bits per heavy atom. The number of benzene rings is 1. The van der Waals surface area contributed by atoms with Gasteiger partial charge in [0.05, 0.1) is 24.0 Å². The maximum Gasteiger partial charge on any atom is 0.340 e. The topological polar surface area (TPSA) is 109 Å². The molecule has 1 aliphatic heterocycles. The molecule has 1 atom stereocenters. The minimum absolute atomic E-state index is 0.211. The molecule has 2 heterocycles. The maximum absolute atomic E-state index is 12.4. The van der Waals surface area contributed by atoms with Crippen molar-refractivity contribution in [3.8, 4) is 5.75 Å². The minimum Gasteiger partial charge on any atom is -0.548 e. The minimum atomic E-state index is -1.39. The monoisotopic (exact) mass is 372 g/mol. The average molecular weight is 372 g/mol. The van der Waals surface area contributed by atoms with Crippen molar-refractivity contribution in [2.24, 2.45) is 0 Å². The first-order valence-corrected chi connectivity index (χ1v) is 8.86. The number of carbonyl (C=O) groups excluding carboxylic acids is 2. The lowest BCUT2D eigenvalue weighted by atomic mass is 9.92. The average Bonchev–Trinajstić information content (AvgIpc) is 2.56. The van der Waals surface area contributed by atoms with E-state index < -0.39 is 23.5 Å². The second kappa shape index (κ2) is 6.72. The summed E-state index contributed by atoms with van der Waals surface area (Å²) in [6, 6.07) is 2.52. The molecule has 3 rings (SSSR count). The number of aryl methyl sites for hydroxylation is 2. The van der Waals surface area contributed by atoms with E-state index in [1.165, 1.54) is 6.92 Å². The molecular weight excluding hydrogens is 350 g/mol. The molecule has 0 unspecified atom stereocenters. The zero-order valence-electron chi connectivity index (χ0n) is 15.8. The zero-order chi connectivity index (χ0) is 19.9. The normalized spacial score (nSPS) is 16.3. The van der Waals surface area contributed by atoms with Crippen molar-refractivity contribution in [1.29, 1.82) is 0 Å². The quantitative estimate of drug-likeness (QED) is 0.802. The molecule has 0 aliphatic carbocycles. The van der Waals surface area contributed by atoms with Gasteiger partial charge in [-0.15, -0.1) is 0 Å². The number of carbonyl (C=O) groups is 2. The van der Waals surface area contributed by atoms with Crippen molar-refractivity contribution in [3.63, 3.8) is 0 Å². The molecule has 0 fully saturated rings. The van der Waals surface area contributed by atoms with Crippen LogP contribution >= 0.6 is 0 Å². The van der Waals surface area contributed by atoms with Gasteiger partial charge >= 0.3 is 5.63 Å². The van der Waals surface area contributed by atoms with Crippen LogP contribution in [0.4, 0.5) is 0 Å². The largest absolute Gasteiger partial charge is 0.548 e. The molecule has 0 bridgehead atoms. The van der Waals surface area contributed by atoms with E-state index in [9.17, 15) is 19.5 Å². The molecule has 1 N–H and O–H groups in total. The van der Waals surface area contributed by atoms with Gasteiger partial charge in [0.25, 0.3) is 0 Å². The van der Waals surface area contributed by atoms with Crippen molar-refractivity contribution in [2.75, 3.05) is 0 Å². The van der Waals surface area contributed by atoms with Gasteiger partial charge in [0, 0.05) is 11.5 Å². The number of fused-ring (bicyclic) bond motifs is 2. The summed E-state index contributed by atoms with van der Waals surface area (Å²) < 4.78 is 11.4. The van der Waals surface area contributed by atoms with Crippen LogP contribution in [0.1, 0.15) is 43.9 Å². The number of carboxylic acid groups (broad SMARTS) is 1. The number of hydrogen-bond donors (Lipinski definition) is 1. The molecule has 2 aromatic rings. The lowest BCUT2D eigenvalue weighted by Gasteiger charge is -2.32. The van der Waals surface area contributed by atoms with E-state index in [4.69, 9.17) is 9.15 Å². The highest BCUT2D eigenvalue weighted by atomic mass is 16.5. The number of hydrogen-bond acceptors (Lipinski definition) is 6. The Morgan fingerprint density at radius 1 is 1.33 bits per heavy atom. The predicted octanol–water partition coefficient (Wildman–Crippen LogP) is 1.00. The second-order valence-corrected chi connectivity index (χ2v) is 7.60.